The third-order valence-corrected chi connectivity index (χ3v) is 5.70. The van der Waals surface area contributed by atoms with Crippen molar-refractivity contribution < 1.29 is 9.47 Å². The molecule has 3 aliphatic rings. The standard InChI is InChI=1S/C15H28N2O2/c1-14(2)13-12(5-3-9-19-13)15(14,16)11-17-6-4-8-18-10-7-17/h12-13H,3-11,16H2,1-2H3. The molecule has 3 atom stereocenters. The Balaban J connectivity index is 1.70. The topological polar surface area (TPSA) is 47.7 Å². The van der Waals surface area contributed by atoms with Gasteiger partial charge in [0, 0.05) is 49.7 Å². The molecule has 3 fully saturated rings. The zero-order valence-corrected chi connectivity index (χ0v) is 12.4. The molecule has 4 heteroatoms. The summed E-state index contributed by atoms with van der Waals surface area (Å²) in [7, 11) is 0. The van der Waals surface area contributed by atoms with Crippen LogP contribution in [0.2, 0.25) is 0 Å². The van der Waals surface area contributed by atoms with Gasteiger partial charge in [-0.1, -0.05) is 13.8 Å². The number of rotatable bonds is 2. The molecule has 0 bridgehead atoms. The average Bonchev–Trinajstić information content (AvgIpc) is 2.67. The van der Waals surface area contributed by atoms with Crippen LogP contribution in [0.1, 0.15) is 33.1 Å². The van der Waals surface area contributed by atoms with Gasteiger partial charge in [-0.05, 0) is 19.3 Å². The summed E-state index contributed by atoms with van der Waals surface area (Å²) in [6.07, 6.45) is 3.89. The third kappa shape index (κ3) is 2.13. The Morgan fingerprint density at radius 3 is 2.84 bits per heavy atom. The summed E-state index contributed by atoms with van der Waals surface area (Å²) in [6, 6.07) is 0. The summed E-state index contributed by atoms with van der Waals surface area (Å²) in [5.74, 6) is 0.542. The highest BCUT2D eigenvalue weighted by atomic mass is 16.5. The second kappa shape index (κ2) is 4.99. The molecule has 0 radical (unpaired) electrons. The molecule has 0 aromatic heterocycles. The molecular weight excluding hydrogens is 240 g/mol. The van der Waals surface area contributed by atoms with Gasteiger partial charge in [0.05, 0.1) is 12.7 Å². The Hall–Kier alpha value is -0.160. The van der Waals surface area contributed by atoms with E-state index in [4.69, 9.17) is 15.2 Å². The van der Waals surface area contributed by atoms with Crippen molar-refractivity contribution in [3.8, 4) is 0 Å². The monoisotopic (exact) mass is 268 g/mol. The second-order valence-corrected chi connectivity index (χ2v) is 7.04. The Bertz CT molecular complexity index is 326. The first-order valence-corrected chi connectivity index (χ1v) is 7.76. The lowest BCUT2D eigenvalue weighted by Gasteiger charge is -2.67. The van der Waals surface area contributed by atoms with Crippen molar-refractivity contribution >= 4 is 0 Å². The average molecular weight is 268 g/mol. The van der Waals surface area contributed by atoms with Crippen molar-refractivity contribution in [2.75, 3.05) is 39.5 Å². The maximum absolute atomic E-state index is 6.85. The molecular formula is C15H28N2O2. The van der Waals surface area contributed by atoms with Gasteiger partial charge in [0.15, 0.2) is 0 Å². The smallest absolute Gasteiger partial charge is 0.0690 e. The molecule has 110 valence electrons. The Morgan fingerprint density at radius 1 is 1.16 bits per heavy atom. The first-order chi connectivity index (χ1) is 9.06. The zero-order chi connectivity index (χ0) is 13.5. The molecule has 0 aromatic carbocycles. The van der Waals surface area contributed by atoms with Gasteiger partial charge < -0.3 is 15.2 Å². The molecule has 0 aromatic rings. The van der Waals surface area contributed by atoms with E-state index >= 15 is 0 Å². The van der Waals surface area contributed by atoms with Crippen molar-refractivity contribution in [2.45, 2.75) is 44.8 Å². The fourth-order valence-electron chi connectivity index (χ4n) is 4.31. The Labute approximate surface area is 116 Å². The van der Waals surface area contributed by atoms with E-state index < -0.39 is 0 Å². The molecule has 3 unspecified atom stereocenters. The van der Waals surface area contributed by atoms with E-state index in [9.17, 15) is 0 Å². The van der Waals surface area contributed by atoms with Gasteiger partial charge in [0.2, 0.25) is 0 Å². The summed E-state index contributed by atoms with van der Waals surface area (Å²) < 4.78 is 11.5. The molecule has 2 N–H and O–H groups in total. The van der Waals surface area contributed by atoms with Crippen LogP contribution in [-0.4, -0.2) is 56.0 Å². The summed E-state index contributed by atoms with van der Waals surface area (Å²) in [5.41, 5.74) is 6.85. The second-order valence-electron chi connectivity index (χ2n) is 7.04. The number of fused-ring (bicyclic) bond motifs is 1. The van der Waals surface area contributed by atoms with Crippen LogP contribution in [0, 0.1) is 11.3 Å². The highest BCUT2D eigenvalue weighted by molar-refractivity contribution is 5.20. The molecule has 0 spiro atoms. The molecule has 1 aliphatic carbocycles. The largest absolute Gasteiger partial charge is 0.380 e. The van der Waals surface area contributed by atoms with Crippen LogP contribution < -0.4 is 5.73 Å². The quantitative estimate of drug-likeness (QED) is 0.818. The van der Waals surface area contributed by atoms with Crippen LogP contribution in [0.4, 0.5) is 0 Å². The lowest BCUT2D eigenvalue weighted by Crippen LogP contribution is -2.80. The third-order valence-electron chi connectivity index (χ3n) is 5.70. The molecule has 2 saturated heterocycles. The highest BCUT2D eigenvalue weighted by Crippen LogP contribution is 2.57. The molecule has 2 heterocycles. The maximum Gasteiger partial charge on any atom is 0.0690 e. The van der Waals surface area contributed by atoms with Crippen molar-refractivity contribution in [3.05, 3.63) is 0 Å². The maximum atomic E-state index is 6.85. The van der Waals surface area contributed by atoms with Crippen LogP contribution >= 0.6 is 0 Å². The number of nitrogens with two attached hydrogens (primary N) is 1. The van der Waals surface area contributed by atoms with Crippen LogP contribution in [0.5, 0.6) is 0 Å². The van der Waals surface area contributed by atoms with Gasteiger partial charge in [0.1, 0.15) is 0 Å². The fourth-order valence-corrected chi connectivity index (χ4v) is 4.31. The van der Waals surface area contributed by atoms with Gasteiger partial charge >= 0.3 is 0 Å². The number of hydrogen-bond donors (Lipinski definition) is 1. The minimum Gasteiger partial charge on any atom is -0.380 e. The minimum absolute atomic E-state index is 0.0885. The van der Waals surface area contributed by atoms with E-state index in [1.807, 2.05) is 0 Å². The first-order valence-electron chi connectivity index (χ1n) is 7.76. The van der Waals surface area contributed by atoms with Crippen LogP contribution in [0.15, 0.2) is 0 Å². The lowest BCUT2D eigenvalue weighted by atomic mass is 9.46. The molecule has 19 heavy (non-hydrogen) atoms. The minimum atomic E-state index is -0.0948. The zero-order valence-electron chi connectivity index (χ0n) is 12.4. The van der Waals surface area contributed by atoms with Gasteiger partial charge in [-0.3, -0.25) is 4.90 Å². The van der Waals surface area contributed by atoms with Crippen molar-refractivity contribution in [3.63, 3.8) is 0 Å². The highest BCUT2D eigenvalue weighted by Gasteiger charge is 2.66. The van der Waals surface area contributed by atoms with Gasteiger partial charge in [0.25, 0.3) is 0 Å². The Morgan fingerprint density at radius 2 is 2.00 bits per heavy atom. The summed E-state index contributed by atoms with van der Waals surface area (Å²) in [5, 5.41) is 0. The van der Waals surface area contributed by atoms with Gasteiger partial charge in [-0.15, -0.1) is 0 Å². The van der Waals surface area contributed by atoms with Gasteiger partial charge in [-0.2, -0.15) is 0 Å². The molecule has 0 amide bonds. The normalized spacial score (nSPS) is 43.1. The molecule has 2 aliphatic heterocycles. The van der Waals surface area contributed by atoms with E-state index in [1.165, 1.54) is 12.8 Å². The summed E-state index contributed by atoms with van der Waals surface area (Å²) in [6.45, 7) is 10.4. The fraction of sp³-hybridized carbons (Fsp3) is 1.00. The van der Waals surface area contributed by atoms with Gasteiger partial charge in [-0.25, -0.2) is 0 Å². The number of ether oxygens (including phenoxy) is 2. The predicted molar refractivity (Wildman–Crippen MR) is 75.0 cm³/mol. The van der Waals surface area contributed by atoms with E-state index in [-0.39, 0.29) is 11.0 Å². The summed E-state index contributed by atoms with van der Waals surface area (Å²) >= 11 is 0. The van der Waals surface area contributed by atoms with Crippen molar-refractivity contribution in [1.29, 1.82) is 0 Å². The summed E-state index contributed by atoms with van der Waals surface area (Å²) in [4.78, 5) is 2.50. The predicted octanol–water partition coefficient (Wildman–Crippen LogP) is 1.24. The van der Waals surface area contributed by atoms with E-state index in [2.05, 4.69) is 18.7 Å². The van der Waals surface area contributed by atoms with Crippen molar-refractivity contribution in [1.82, 2.24) is 4.90 Å². The number of hydrogen-bond acceptors (Lipinski definition) is 4. The molecule has 1 saturated carbocycles. The van der Waals surface area contributed by atoms with E-state index in [1.54, 1.807) is 0 Å². The lowest BCUT2D eigenvalue weighted by molar-refractivity contribution is -0.232. The Kier molecular flexibility index (Phi) is 3.63. The van der Waals surface area contributed by atoms with Crippen LogP contribution in [-0.2, 0) is 9.47 Å². The first kappa shape index (κ1) is 13.8. The molecule has 4 nitrogen and oxygen atoms in total. The number of nitrogens with zero attached hydrogens (tertiary/aromatic N) is 1. The van der Waals surface area contributed by atoms with E-state index in [0.29, 0.717) is 12.0 Å². The van der Waals surface area contributed by atoms with E-state index in [0.717, 1.165) is 45.9 Å². The van der Waals surface area contributed by atoms with Crippen LogP contribution in [0.3, 0.4) is 0 Å². The molecule has 3 rings (SSSR count). The SMILES string of the molecule is CC1(C)C2OCCCC2C1(N)CN1CCCOCC1. The van der Waals surface area contributed by atoms with Crippen LogP contribution in [0.25, 0.3) is 0 Å². The van der Waals surface area contributed by atoms with Crippen molar-refractivity contribution in [2.24, 2.45) is 17.1 Å².